The van der Waals surface area contributed by atoms with Gasteiger partial charge in [0.2, 0.25) is 15.9 Å². The van der Waals surface area contributed by atoms with Gasteiger partial charge >= 0.3 is 0 Å². The lowest BCUT2D eigenvalue weighted by atomic mass is 10.1. The van der Waals surface area contributed by atoms with E-state index < -0.39 is 10.0 Å². The Morgan fingerprint density at radius 1 is 1.30 bits per heavy atom. The Morgan fingerprint density at radius 2 is 2.05 bits per heavy atom. The molecule has 0 atom stereocenters. The fourth-order valence-corrected chi connectivity index (χ4v) is 2.79. The van der Waals surface area contributed by atoms with Gasteiger partial charge in [0.1, 0.15) is 5.75 Å². The topological polar surface area (TPSA) is 75.7 Å². The number of anilines is 2. The molecule has 0 aliphatic carbocycles. The van der Waals surface area contributed by atoms with Crippen LogP contribution in [0.3, 0.4) is 0 Å². The maximum Gasteiger partial charge on any atom is 0.229 e. The molecular weight excluding hydrogens is 280 g/mol. The van der Waals surface area contributed by atoms with Gasteiger partial charge in [0.15, 0.2) is 0 Å². The van der Waals surface area contributed by atoms with Crippen LogP contribution in [0.25, 0.3) is 0 Å². The molecule has 20 heavy (non-hydrogen) atoms. The summed E-state index contributed by atoms with van der Waals surface area (Å²) >= 11 is 0. The fraction of sp³-hybridized carbons (Fsp3) is 0.462. The van der Waals surface area contributed by atoms with Crippen LogP contribution in [0.5, 0.6) is 5.75 Å². The van der Waals surface area contributed by atoms with Crippen molar-refractivity contribution in [2.45, 2.75) is 19.3 Å². The largest absolute Gasteiger partial charge is 0.494 e. The predicted octanol–water partition coefficient (Wildman–Crippen LogP) is 1.58. The molecule has 1 N–H and O–H groups in total. The van der Waals surface area contributed by atoms with E-state index in [4.69, 9.17) is 4.74 Å². The third-order valence-corrected chi connectivity index (χ3v) is 3.70. The molecule has 1 heterocycles. The first kappa shape index (κ1) is 14.6. The van der Waals surface area contributed by atoms with Gasteiger partial charge in [-0.2, -0.15) is 0 Å². The standard InChI is InChI=1S/C13H18N2O4S/c1-19-12-9-10(14-20(2,17)18)6-7-11(12)15-8-4-3-5-13(15)16/h6-7,9,14H,3-5,8H2,1-2H3. The van der Waals surface area contributed by atoms with Crippen LogP contribution in [0, 0.1) is 0 Å². The third-order valence-electron chi connectivity index (χ3n) is 3.10. The monoisotopic (exact) mass is 298 g/mol. The average molecular weight is 298 g/mol. The van der Waals surface area contributed by atoms with E-state index in [9.17, 15) is 13.2 Å². The SMILES string of the molecule is COc1cc(NS(C)(=O)=O)ccc1N1CCCCC1=O. The van der Waals surface area contributed by atoms with Crippen LogP contribution in [-0.2, 0) is 14.8 Å². The van der Waals surface area contributed by atoms with Gasteiger partial charge in [-0.05, 0) is 25.0 Å². The number of hydrogen-bond donors (Lipinski definition) is 1. The van der Waals surface area contributed by atoms with Crippen molar-refractivity contribution in [1.29, 1.82) is 0 Å². The second kappa shape index (κ2) is 5.70. The zero-order chi connectivity index (χ0) is 14.8. The Morgan fingerprint density at radius 3 is 2.65 bits per heavy atom. The highest BCUT2D eigenvalue weighted by molar-refractivity contribution is 7.92. The predicted molar refractivity (Wildman–Crippen MR) is 77.7 cm³/mol. The first-order valence-corrected chi connectivity index (χ1v) is 8.26. The summed E-state index contributed by atoms with van der Waals surface area (Å²) in [4.78, 5) is 13.6. The molecule has 1 aromatic carbocycles. The van der Waals surface area contributed by atoms with Gasteiger partial charge in [-0.25, -0.2) is 8.42 Å². The van der Waals surface area contributed by atoms with Gasteiger partial charge in [-0.3, -0.25) is 9.52 Å². The number of amides is 1. The summed E-state index contributed by atoms with van der Waals surface area (Å²) in [5.41, 5.74) is 1.09. The summed E-state index contributed by atoms with van der Waals surface area (Å²) in [5.74, 6) is 0.548. The van der Waals surface area contributed by atoms with E-state index in [0.29, 0.717) is 30.1 Å². The minimum Gasteiger partial charge on any atom is -0.494 e. The molecule has 110 valence electrons. The molecular formula is C13H18N2O4S. The molecule has 1 fully saturated rings. The van der Waals surface area contributed by atoms with E-state index in [2.05, 4.69) is 4.72 Å². The van der Waals surface area contributed by atoms with Crippen LogP contribution in [0.4, 0.5) is 11.4 Å². The second-order valence-corrected chi connectivity index (χ2v) is 6.51. The summed E-state index contributed by atoms with van der Waals surface area (Å²) in [6.07, 6.45) is 3.48. The third kappa shape index (κ3) is 3.41. The number of benzene rings is 1. The highest BCUT2D eigenvalue weighted by atomic mass is 32.2. The van der Waals surface area contributed by atoms with Gasteiger partial charge in [0.05, 0.1) is 24.7 Å². The highest BCUT2D eigenvalue weighted by Gasteiger charge is 2.22. The smallest absolute Gasteiger partial charge is 0.229 e. The first-order chi connectivity index (χ1) is 9.40. The van der Waals surface area contributed by atoms with Crippen LogP contribution in [0.15, 0.2) is 18.2 Å². The van der Waals surface area contributed by atoms with Crippen LogP contribution < -0.4 is 14.4 Å². The van der Waals surface area contributed by atoms with Gasteiger partial charge in [0.25, 0.3) is 0 Å². The van der Waals surface area contributed by atoms with E-state index in [1.165, 1.54) is 7.11 Å². The van der Waals surface area contributed by atoms with E-state index in [1.54, 1.807) is 23.1 Å². The molecule has 0 radical (unpaired) electrons. The van der Waals surface area contributed by atoms with Crippen molar-refractivity contribution < 1.29 is 17.9 Å². The molecule has 0 saturated carbocycles. The number of hydrogen-bond acceptors (Lipinski definition) is 4. The molecule has 1 aromatic rings. The number of ether oxygens (including phenoxy) is 1. The van der Waals surface area contributed by atoms with Gasteiger partial charge < -0.3 is 9.64 Å². The lowest BCUT2D eigenvalue weighted by Crippen LogP contribution is -2.35. The molecule has 2 rings (SSSR count). The number of carbonyl (C=O) groups excluding carboxylic acids is 1. The number of rotatable bonds is 4. The van der Waals surface area contributed by atoms with Crippen molar-refractivity contribution in [3.05, 3.63) is 18.2 Å². The van der Waals surface area contributed by atoms with Crippen molar-refractivity contribution in [3.8, 4) is 5.75 Å². The molecule has 0 bridgehead atoms. The molecule has 0 aromatic heterocycles. The summed E-state index contributed by atoms with van der Waals surface area (Å²) < 4.78 is 30.1. The Hall–Kier alpha value is -1.76. The van der Waals surface area contributed by atoms with Gasteiger partial charge in [0, 0.05) is 19.0 Å². The maximum absolute atomic E-state index is 11.9. The Labute approximate surface area is 118 Å². The molecule has 1 saturated heterocycles. The molecule has 6 nitrogen and oxygen atoms in total. The quantitative estimate of drug-likeness (QED) is 0.915. The normalized spacial score (nSPS) is 16.1. The molecule has 7 heteroatoms. The van der Waals surface area contributed by atoms with Crippen molar-refractivity contribution in [1.82, 2.24) is 0 Å². The zero-order valence-corrected chi connectivity index (χ0v) is 12.4. The van der Waals surface area contributed by atoms with Crippen LogP contribution in [0.1, 0.15) is 19.3 Å². The fourth-order valence-electron chi connectivity index (χ4n) is 2.24. The van der Waals surface area contributed by atoms with Crippen molar-refractivity contribution in [2.24, 2.45) is 0 Å². The summed E-state index contributed by atoms with van der Waals surface area (Å²) in [7, 11) is -1.84. The first-order valence-electron chi connectivity index (χ1n) is 6.37. The number of piperidine rings is 1. The Bertz CT molecular complexity index is 613. The summed E-state index contributed by atoms with van der Waals surface area (Å²) in [6, 6.07) is 4.91. The molecule has 0 spiro atoms. The number of nitrogens with one attached hydrogen (secondary N) is 1. The Kier molecular flexibility index (Phi) is 4.17. The van der Waals surface area contributed by atoms with Crippen LogP contribution >= 0.6 is 0 Å². The molecule has 1 aliphatic heterocycles. The van der Waals surface area contributed by atoms with Crippen molar-refractivity contribution in [2.75, 3.05) is 29.5 Å². The number of carbonyl (C=O) groups is 1. The van der Waals surface area contributed by atoms with Gasteiger partial charge in [-0.1, -0.05) is 0 Å². The molecule has 1 aliphatic rings. The number of sulfonamides is 1. The minimum atomic E-state index is -3.34. The van der Waals surface area contributed by atoms with Crippen molar-refractivity contribution in [3.63, 3.8) is 0 Å². The average Bonchev–Trinajstić information content (AvgIpc) is 2.38. The van der Waals surface area contributed by atoms with Crippen molar-refractivity contribution >= 4 is 27.3 Å². The van der Waals surface area contributed by atoms with E-state index in [0.717, 1.165) is 19.1 Å². The van der Waals surface area contributed by atoms with Gasteiger partial charge in [-0.15, -0.1) is 0 Å². The van der Waals surface area contributed by atoms with E-state index in [1.807, 2.05) is 0 Å². The minimum absolute atomic E-state index is 0.0679. The van der Waals surface area contributed by atoms with Crippen LogP contribution in [-0.4, -0.2) is 34.2 Å². The second-order valence-electron chi connectivity index (χ2n) is 4.76. The van der Waals surface area contributed by atoms with Crippen LogP contribution in [0.2, 0.25) is 0 Å². The highest BCUT2D eigenvalue weighted by Crippen LogP contribution is 2.33. The molecule has 1 amide bonds. The number of nitrogens with zero attached hydrogens (tertiary/aromatic N) is 1. The molecule has 0 unspecified atom stereocenters. The summed E-state index contributed by atoms with van der Waals surface area (Å²) in [5, 5.41) is 0. The van der Waals surface area contributed by atoms with E-state index >= 15 is 0 Å². The Balaban J connectivity index is 2.32. The lowest BCUT2D eigenvalue weighted by molar-refractivity contribution is -0.119. The van der Waals surface area contributed by atoms with E-state index in [-0.39, 0.29) is 5.91 Å². The lowest BCUT2D eigenvalue weighted by Gasteiger charge is -2.28. The summed E-state index contributed by atoms with van der Waals surface area (Å²) in [6.45, 7) is 0.661. The number of methoxy groups -OCH3 is 1. The maximum atomic E-state index is 11.9. The zero-order valence-electron chi connectivity index (χ0n) is 11.5.